The largest absolute Gasteiger partial charge is 0.394 e. The third-order valence-corrected chi connectivity index (χ3v) is 4.23. The number of piperidine rings is 1. The number of aliphatic hydroxyl groups is 2. The van der Waals surface area contributed by atoms with Crippen LogP contribution in [0.4, 0.5) is 0 Å². The zero-order chi connectivity index (χ0) is 16.8. The van der Waals surface area contributed by atoms with Crippen LogP contribution in [0.2, 0.25) is 0 Å². The van der Waals surface area contributed by atoms with Crippen LogP contribution in [0.15, 0.2) is 0 Å². The van der Waals surface area contributed by atoms with Crippen molar-refractivity contribution < 1.29 is 29.3 Å². The summed E-state index contributed by atoms with van der Waals surface area (Å²) in [5, 5.41) is 18.7. The first-order valence-electron chi connectivity index (χ1n) is 8.05. The SMILES string of the molecule is CC(=O)N1CC(CO)OC(COCC(=O)N2CCC(O)CC2)C1. The molecule has 8 nitrogen and oxygen atoms in total. The Labute approximate surface area is 135 Å². The monoisotopic (exact) mass is 330 g/mol. The van der Waals surface area contributed by atoms with E-state index >= 15 is 0 Å². The first-order valence-corrected chi connectivity index (χ1v) is 8.05. The fourth-order valence-electron chi connectivity index (χ4n) is 2.86. The molecule has 2 aliphatic heterocycles. The maximum Gasteiger partial charge on any atom is 0.248 e. The maximum absolute atomic E-state index is 12.0. The van der Waals surface area contributed by atoms with Gasteiger partial charge in [0.05, 0.1) is 31.5 Å². The summed E-state index contributed by atoms with van der Waals surface area (Å²) in [5.74, 6) is -0.172. The summed E-state index contributed by atoms with van der Waals surface area (Å²) in [6.45, 7) is 3.35. The number of nitrogens with zero attached hydrogens (tertiary/aromatic N) is 2. The molecule has 0 aromatic carbocycles. The van der Waals surface area contributed by atoms with Crippen molar-refractivity contribution in [3.63, 3.8) is 0 Å². The minimum absolute atomic E-state index is 0.0418. The standard InChI is InChI=1S/C15H26N2O6/c1-11(19)17-6-13(8-18)23-14(7-17)9-22-10-15(21)16-4-2-12(20)3-5-16/h12-14,18,20H,2-10H2,1H3. The van der Waals surface area contributed by atoms with Crippen LogP contribution in [0.5, 0.6) is 0 Å². The van der Waals surface area contributed by atoms with Crippen LogP contribution in [0.1, 0.15) is 19.8 Å². The van der Waals surface area contributed by atoms with Gasteiger partial charge in [-0.3, -0.25) is 9.59 Å². The Kier molecular flexibility index (Phi) is 6.76. The molecule has 2 rings (SSSR count). The van der Waals surface area contributed by atoms with E-state index in [0.29, 0.717) is 39.0 Å². The van der Waals surface area contributed by atoms with Crippen molar-refractivity contribution in [1.82, 2.24) is 9.80 Å². The Hall–Kier alpha value is -1.22. The topological polar surface area (TPSA) is 99.5 Å². The van der Waals surface area contributed by atoms with E-state index in [1.54, 1.807) is 9.80 Å². The van der Waals surface area contributed by atoms with Crippen LogP contribution >= 0.6 is 0 Å². The molecule has 2 N–H and O–H groups in total. The number of hydrogen-bond acceptors (Lipinski definition) is 6. The van der Waals surface area contributed by atoms with Crippen LogP contribution in [0, 0.1) is 0 Å². The van der Waals surface area contributed by atoms with E-state index in [9.17, 15) is 19.8 Å². The van der Waals surface area contributed by atoms with Crippen LogP contribution in [-0.4, -0.2) is 96.1 Å². The predicted octanol–water partition coefficient (Wildman–Crippen LogP) is -1.41. The molecule has 2 fully saturated rings. The number of carbonyl (C=O) groups is 2. The quantitative estimate of drug-likeness (QED) is 0.643. The number of amides is 2. The van der Waals surface area contributed by atoms with Gasteiger partial charge in [0, 0.05) is 33.1 Å². The number of morpholine rings is 1. The second-order valence-corrected chi connectivity index (χ2v) is 6.11. The van der Waals surface area contributed by atoms with Gasteiger partial charge in [-0.25, -0.2) is 0 Å². The van der Waals surface area contributed by atoms with Crippen molar-refractivity contribution >= 4 is 11.8 Å². The van der Waals surface area contributed by atoms with Crippen LogP contribution in [-0.2, 0) is 19.1 Å². The predicted molar refractivity (Wildman–Crippen MR) is 80.6 cm³/mol. The lowest BCUT2D eigenvalue weighted by molar-refractivity contribution is -0.157. The molecule has 0 radical (unpaired) electrons. The van der Waals surface area contributed by atoms with Crippen LogP contribution in [0.3, 0.4) is 0 Å². The van der Waals surface area contributed by atoms with Crippen molar-refractivity contribution in [2.45, 2.75) is 38.1 Å². The van der Waals surface area contributed by atoms with Gasteiger partial charge in [-0.15, -0.1) is 0 Å². The van der Waals surface area contributed by atoms with Crippen molar-refractivity contribution in [1.29, 1.82) is 0 Å². The highest BCUT2D eigenvalue weighted by Crippen LogP contribution is 2.13. The number of aliphatic hydroxyl groups excluding tert-OH is 2. The lowest BCUT2D eigenvalue weighted by Gasteiger charge is -2.37. The summed E-state index contributed by atoms with van der Waals surface area (Å²) in [6, 6.07) is 0. The van der Waals surface area contributed by atoms with E-state index in [2.05, 4.69) is 0 Å². The van der Waals surface area contributed by atoms with Crippen molar-refractivity contribution in [3.8, 4) is 0 Å². The van der Waals surface area contributed by atoms with E-state index in [-0.39, 0.29) is 43.8 Å². The number of rotatable bonds is 5. The molecule has 2 heterocycles. The Morgan fingerprint density at radius 1 is 1.17 bits per heavy atom. The Bertz CT molecular complexity index is 411. The maximum atomic E-state index is 12.0. The van der Waals surface area contributed by atoms with E-state index < -0.39 is 6.10 Å². The molecule has 0 aromatic rings. The number of likely N-dealkylation sites (tertiary alicyclic amines) is 1. The molecule has 0 saturated carbocycles. The lowest BCUT2D eigenvalue weighted by atomic mass is 10.1. The normalized spacial score (nSPS) is 26.4. The highest BCUT2D eigenvalue weighted by atomic mass is 16.5. The second kappa shape index (κ2) is 8.58. The van der Waals surface area contributed by atoms with Crippen molar-refractivity contribution in [2.75, 3.05) is 46.0 Å². The minimum Gasteiger partial charge on any atom is -0.394 e. The third kappa shape index (κ3) is 5.42. The summed E-state index contributed by atoms with van der Waals surface area (Å²) >= 11 is 0. The summed E-state index contributed by atoms with van der Waals surface area (Å²) in [5.41, 5.74) is 0. The van der Waals surface area contributed by atoms with E-state index in [1.807, 2.05) is 0 Å². The highest BCUT2D eigenvalue weighted by Gasteiger charge is 2.29. The minimum atomic E-state index is -0.416. The second-order valence-electron chi connectivity index (χ2n) is 6.11. The third-order valence-electron chi connectivity index (χ3n) is 4.23. The zero-order valence-electron chi connectivity index (χ0n) is 13.5. The van der Waals surface area contributed by atoms with Gasteiger partial charge in [-0.2, -0.15) is 0 Å². The van der Waals surface area contributed by atoms with Gasteiger partial charge in [0.15, 0.2) is 0 Å². The molecule has 2 atom stereocenters. The van der Waals surface area contributed by atoms with E-state index in [4.69, 9.17) is 9.47 Å². The molecule has 0 aliphatic carbocycles. The Morgan fingerprint density at radius 2 is 1.83 bits per heavy atom. The zero-order valence-corrected chi connectivity index (χ0v) is 13.5. The molecule has 23 heavy (non-hydrogen) atoms. The molecule has 2 amide bonds. The molecular weight excluding hydrogens is 304 g/mol. The molecular formula is C15H26N2O6. The first kappa shape index (κ1) is 18.1. The highest BCUT2D eigenvalue weighted by molar-refractivity contribution is 5.77. The van der Waals surface area contributed by atoms with Gasteiger partial charge < -0.3 is 29.5 Å². The van der Waals surface area contributed by atoms with Gasteiger partial charge in [0.25, 0.3) is 0 Å². The van der Waals surface area contributed by atoms with Gasteiger partial charge >= 0.3 is 0 Å². The number of carbonyl (C=O) groups excluding carboxylic acids is 2. The Morgan fingerprint density at radius 3 is 2.43 bits per heavy atom. The molecule has 8 heteroatoms. The summed E-state index contributed by atoms with van der Waals surface area (Å²) in [6.07, 6.45) is 0.122. The average Bonchev–Trinajstić information content (AvgIpc) is 2.55. The van der Waals surface area contributed by atoms with Gasteiger partial charge in [-0.1, -0.05) is 0 Å². The van der Waals surface area contributed by atoms with Gasteiger partial charge in [0.1, 0.15) is 6.61 Å². The van der Waals surface area contributed by atoms with Crippen LogP contribution in [0.25, 0.3) is 0 Å². The molecule has 2 saturated heterocycles. The van der Waals surface area contributed by atoms with Crippen molar-refractivity contribution in [3.05, 3.63) is 0 Å². The van der Waals surface area contributed by atoms with Crippen LogP contribution < -0.4 is 0 Å². The fraction of sp³-hybridized carbons (Fsp3) is 0.867. The van der Waals surface area contributed by atoms with E-state index in [1.165, 1.54) is 6.92 Å². The smallest absolute Gasteiger partial charge is 0.248 e. The summed E-state index contributed by atoms with van der Waals surface area (Å²) in [4.78, 5) is 26.8. The number of hydrogen-bond donors (Lipinski definition) is 2. The van der Waals surface area contributed by atoms with Gasteiger partial charge in [0.2, 0.25) is 11.8 Å². The molecule has 132 valence electrons. The summed E-state index contributed by atoms with van der Waals surface area (Å²) in [7, 11) is 0. The first-order chi connectivity index (χ1) is 11.0. The number of ether oxygens (including phenoxy) is 2. The van der Waals surface area contributed by atoms with Gasteiger partial charge in [-0.05, 0) is 12.8 Å². The fourth-order valence-corrected chi connectivity index (χ4v) is 2.86. The molecule has 2 unspecified atom stereocenters. The molecule has 0 spiro atoms. The Balaban J connectivity index is 1.72. The molecule has 2 aliphatic rings. The lowest BCUT2D eigenvalue weighted by Crippen LogP contribution is -2.52. The molecule has 0 aromatic heterocycles. The van der Waals surface area contributed by atoms with E-state index in [0.717, 1.165) is 0 Å². The van der Waals surface area contributed by atoms with Crippen molar-refractivity contribution in [2.24, 2.45) is 0 Å². The summed E-state index contributed by atoms with van der Waals surface area (Å²) < 4.78 is 11.1. The average molecular weight is 330 g/mol. The molecule has 0 bridgehead atoms.